The van der Waals surface area contributed by atoms with Crippen molar-refractivity contribution in [2.24, 2.45) is 0 Å². The summed E-state index contributed by atoms with van der Waals surface area (Å²) in [5.41, 5.74) is 0.655. The maximum atomic E-state index is 10.2. The van der Waals surface area contributed by atoms with E-state index in [0.717, 1.165) is 13.0 Å². The maximum Gasteiger partial charge on any atom is 0.328 e. The first-order valence-corrected chi connectivity index (χ1v) is 4.84. The van der Waals surface area contributed by atoms with Gasteiger partial charge in [0.1, 0.15) is 0 Å². The van der Waals surface area contributed by atoms with Crippen LogP contribution in [0.1, 0.15) is 12.5 Å². The molecule has 0 aliphatic rings. The number of rotatable bonds is 3. The Morgan fingerprint density at radius 1 is 1.28 bits per heavy atom. The van der Waals surface area contributed by atoms with E-state index in [2.05, 4.69) is 0 Å². The average Bonchev–Trinajstić information content (AvgIpc) is 2.27. The number of carboxylic acid groups (broad SMARTS) is 2. The monoisotopic (exact) mass is 254 g/mol. The molecule has 6 heteroatoms. The number of carboxylic acids is 2. The molecule has 0 spiro atoms. The van der Waals surface area contributed by atoms with Crippen molar-refractivity contribution in [3.05, 3.63) is 29.8 Å². The number of ether oxygens (including phenoxy) is 1. The van der Waals surface area contributed by atoms with Crippen LogP contribution < -0.4 is 4.74 Å². The van der Waals surface area contributed by atoms with Crippen LogP contribution in [-0.4, -0.2) is 34.4 Å². The molecule has 1 aromatic rings. The number of methoxy groups -OCH3 is 1. The zero-order chi connectivity index (χ0) is 14.1. The third-order valence-electron chi connectivity index (χ3n) is 1.62. The van der Waals surface area contributed by atoms with E-state index < -0.39 is 11.9 Å². The van der Waals surface area contributed by atoms with Crippen LogP contribution in [0, 0.1) is 0 Å². The smallest absolute Gasteiger partial charge is 0.328 e. The molecule has 0 aliphatic heterocycles. The molecule has 3 N–H and O–H groups in total. The van der Waals surface area contributed by atoms with Gasteiger partial charge in [-0.2, -0.15) is 0 Å². The Balaban J connectivity index is 0.000000631. The van der Waals surface area contributed by atoms with Crippen LogP contribution in [0.2, 0.25) is 0 Å². The van der Waals surface area contributed by atoms with Gasteiger partial charge in [0.25, 0.3) is 5.97 Å². The van der Waals surface area contributed by atoms with Crippen LogP contribution in [0.4, 0.5) is 0 Å². The summed E-state index contributed by atoms with van der Waals surface area (Å²) in [7, 11) is 1.43. The second-order valence-electron chi connectivity index (χ2n) is 3.12. The molecule has 0 saturated heterocycles. The van der Waals surface area contributed by atoms with Crippen LogP contribution in [0.15, 0.2) is 24.3 Å². The molecule has 0 amide bonds. The summed E-state index contributed by atoms with van der Waals surface area (Å²) in [4.78, 5) is 19.2. The van der Waals surface area contributed by atoms with Crippen LogP contribution in [-0.2, 0) is 9.59 Å². The normalized spacial score (nSPS) is 9.44. The minimum atomic E-state index is -1.02. The van der Waals surface area contributed by atoms with Crippen molar-refractivity contribution in [2.45, 2.75) is 6.92 Å². The molecule has 0 atom stereocenters. The van der Waals surface area contributed by atoms with Gasteiger partial charge in [-0.1, -0.05) is 6.07 Å². The molecule has 0 heterocycles. The van der Waals surface area contributed by atoms with E-state index in [1.54, 1.807) is 12.1 Å². The van der Waals surface area contributed by atoms with Gasteiger partial charge in [-0.25, -0.2) is 4.79 Å². The minimum Gasteiger partial charge on any atom is -0.504 e. The molecule has 0 aromatic heterocycles. The Morgan fingerprint density at radius 3 is 2.28 bits per heavy atom. The minimum absolute atomic E-state index is 0.0278. The summed E-state index contributed by atoms with van der Waals surface area (Å²) in [6, 6.07) is 4.59. The maximum absolute atomic E-state index is 10.2. The topological polar surface area (TPSA) is 104 Å². The Kier molecular flexibility index (Phi) is 6.65. The summed E-state index contributed by atoms with van der Waals surface area (Å²) in [6.45, 7) is 1.08. The van der Waals surface area contributed by atoms with Gasteiger partial charge >= 0.3 is 5.97 Å². The number of phenols is 1. The van der Waals surface area contributed by atoms with Crippen molar-refractivity contribution < 1.29 is 29.6 Å². The second kappa shape index (κ2) is 7.72. The standard InChI is InChI=1S/C10H10O4.C2H4O2/c1-14-9-6-7(2-4-8(9)11)3-5-10(12)13;1-2(3)4/h2-6,11H,1H3,(H,12,13);1H3,(H,3,4). The first-order valence-electron chi connectivity index (χ1n) is 4.84. The Hall–Kier alpha value is -2.50. The highest BCUT2D eigenvalue weighted by Gasteiger charge is 2.00. The lowest BCUT2D eigenvalue weighted by atomic mass is 10.2. The van der Waals surface area contributed by atoms with Gasteiger partial charge in [0.2, 0.25) is 0 Å². The number of benzene rings is 1. The SMILES string of the molecule is CC(=O)O.COc1cc(C=CC(=O)O)ccc1O. The van der Waals surface area contributed by atoms with Crippen molar-refractivity contribution in [1.29, 1.82) is 0 Å². The number of aromatic hydroxyl groups is 1. The first kappa shape index (κ1) is 15.5. The molecule has 0 saturated carbocycles. The molecule has 0 unspecified atom stereocenters. The van der Waals surface area contributed by atoms with Crippen LogP contribution >= 0.6 is 0 Å². The van der Waals surface area contributed by atoms with Crippen molar-refractivity contribution >= 4 is 18.0 Å². The summed E-state index contributed by atoms with van der Waals surface area (Å²) >= 11 is 0. The second-order valence-corrected chi connectivity index (χ2v) is 3.12. The van der Waals surface area contributed by atoms with Crippen molar-refractivity contribution in [1.82, 2.24) is 0 Å². The zero-order valence-electron chi connectivity index (χ0n) is 9.95. The number of hydrogen-bond donors (Lipinski definition) is 3. The van der Waals surface area contributed by atoms with Gasteiger partial charge in [-0.3, -0.25) is 4.79 Å². The third-order valence-corrected chi connectivity index (χ3v) is 1.62. The summed E-state index contributed by atoms with van der Waals surface area (Å²) in [5.74, 6) is -1.51. The third kappa shape index (κ3) is 6.89. The average molecular weight is 254 g/mol. The number of hydrogen-bond acceptors (Lipinski definition) is 4. The van der Waals surface area contributed by atoms with Gasteiger partial charge in [-0.05, 0) is 23.8 Å². The molecular formula is C12H14O6. The van der Waals surface area contributed by atoms with Gasteiger partial charge < -0.3 is 20.1 Å². The molecule has 6 nitrogen and oxygen atoms in total. The summed E-state index contributed by atoms with van der Waals surface area (Å²) < 4.78 is 4.86. The fraction of sp³-hybridized carbons (Fsp3) is 0.167. The highest BCUT2D eigenvalue weighted by molar-refractivity contribution is 5.85. The molecule has 18 heavy (non-hydrogen) atoms. The highest BCUT2D eigenvalue weighted by atomic mass is 16.5. The number of carbonyl (C=O) groups is 2. The van der Waals surface area contributed by atoms with E-state index in [-0.39, 0.29) is 5.75 Å². The molecule has 98 valence electrons. The molecule has 0 fully saturated rings. The predicted molar refractivity (Wildman–Crippen MR) is 64.6 cm³/mol. The van der Waals surface area contributed by atoms with E-state index in [4.69, 9.17) is 19.7 Å². The fourth-order valence-corrected chi connectivity index (χ4v) is 0.965. The largest absolute Gasteiger partial charge is 0.504 e. The molecule has 0 radical (unpaired) electrons. The van der Waals surface area contributed by atoms with E-state index >= 15 is 0 Å². The lowest BCUT2D eigenvalue weighted by Crippen LogP contribution is -1.87. The van der Waals surface area contributed by atoms with E-state index in [1.165, 1.54) is 19.3 Å². The fourth-order valence-electron chi connectivity index (χ4n) is 0.965. The Morgan fingerprint density at radius 2 is 1.83 bits per heavy atom. The van der Waals surface area contributed by atoms with Crippen molar-refractivity contribution in [3.8, 4) is 11.5 Å². The predicted octanol–water partition coefficient (Wildman–Crippen LogP) is 1.59. The number of aliphatic carboxylic acids is 2. The molecule has 0 aliphatic carbocycles. The van der Waals surface area contributed by atoms with E-state index in [0.29, 0.717) is 11.3 Å². The quantitative estimate of drug-likeness (QED) is 0.707. The summed E-state index contributed by atoms with van der Waals surface area (Å²) in [5, 5.41) is 25.1. The van der Waals surface area contributed by atoms with Crippen molar-refractivity contribution in [3.63, 3.8) is 0 Å². The molecular weight excluding hydrogens is 240 g/mol. The molecule has 1 aromatic carbocycles. The van der Waals surface area contributed by atoms with Gasteiger partial charge in [0.05, 0.1) is 7.11 Å². The molecule has 1 rings (SSSR count). The van der Waals surface area contributed by atoms with Crippen LogP contribution in [0.3, 0.4) is 0 Å². The number of phenolic OH excluding ortho intramolecular Hbond substituents is 1. The van der Waals surface area contributed by atoms with Gasteiger partial charge in [0.15, 0.2) is 11.5 Å². The Labute approximate surface area is 104 Å². The van der Waals surface area contributed by atoms with Crippen molar-refractivity contribution in [2.75, 3.05) is 7.11 Å². The lowest BCUT2D eigenvalue weighted by Gasteiger charge is -2.03. The summed E-state index contributed by atoms with van der Waals surface area (Å²) in [6.07, 6.45) is 2.44. The van der Waals surface area contributed by atoms with E-state index in [9.17, 15) is 9.90 Å². The van der Waals surface area contributed by atoms with Crippen LogP contribution in [0.5, 0.6) is 11.5 Å². The Bertz CT molecular complexity index is 446. The molecule has 0 bridgehead atoms. The lowest BCUT2D eigenvalue weighted by molar-refractivity contribution is -0.134. The van der Waals surface area contributed by atoms with E-state index in [1.807, 2.05) is 0 Å². The zero-order valence-corrected chi connectivity index (χ0v) is 9.95. The van der Waals surface area contributed by atoms with Gasteiger partial charge in [0, 0.05) is 13.0 Å². The first-order chi connectivity index (χ1) is 8.36. The van der Waals surface area contributed by atoms with Crippen LogP contribution in [0.25, 0.3) is 6.08 Å². The van der Waals surface area contributed by atoms with Gasteiger partial charge in [-0.15, -0.1) is 0 Å². The highest BCUT2D eigenvalue weighted by Crippen LogP contribution is 2.26.